The predicted molar refractivity (Wildman–Crippen MR) is 63.9 cm³/mol. The average Bonchev–Trinajstić information content (AvgIpc) is 2.25. The summed E-state index contributed by atoms with van der Waals surface area (Å²) in [7, 11) is 0. The molecule has 1 aromatic rings. The molecule has 0 aromatic carbocycles. The number of aromatic carboxylic acids is 1. The summed E-state index contributed by atoms with van der Waals surface area (Å²) in [5.41, 5.74) is 2.04. The summed E-state index contributed by atoms with van der Waals surface area (Å²) in [4.78, 5) is 16.6. The van der Waals surface area contributed by atoms with Crippen LogP contribution in [0, 0.1) is 0 Å². The largest absolute Gasteiger partial charge is 0.477 e. The molecule has 1 N–H and O–H groups in total. The molecule has 4 heteroatoms. The molecule has 0 aliphatic heterocycles. The number of pyridine rings is 1. The second-order valence-corrected chi connectivity index (χ2v) is 3.68. The van der Waals surface area contributed by atoms with E-state index in [1.807, 2.05) is 13.8 Å². The lowest BCUT2D eigenvalue weighted by Gasteiger charge is -2.22. The number of anilines is 1. The van der Waals surface area contributed by atoms with Gasteiger partial charge in [0, 0.05) is 13.1 Å². The summed E-state index contributed by atoms with van der Waals surface area (Å²) < 4.78 is 0. The van der Waals surface area contributed by atoms with Crippen LogP contribution in [0.5, 0.6) is 0 Å². The molecule has 86 valence electrons. The van der Waals surface area contributed by atoms with Crippen molar-refractivity contribution in [1.82, 2.24) is 4.98 Å². The zero-order chi connectivity index (χ0) is 12.1. The monoisotopic (exact) mass is 220 g/mol. The van der Waals surface area contributed by atoms with Gasteiger partial charge in [-0.3, -0.25) is 0 Å². The molecule has 0 radical (unpaired) electrons. The Morgan fingerprint density at radius 2 is 2.25 bits per heavy atom. The van der Waals surface area contributed by atoms with E-state index in [1.54, 1.807) is 12.3 Å². The molecule has 0 amide bonds. The maximum absolute atomic E-state index is 10.6. The topological polar surface area (TPSA) is 53.4 Å². The molecule has 1 aromatic heterocycles. The Hall–Kier alpha value is -1.84. The van der Waals surface area contributed by atoms with Gasteiger partial charge in [0.25, 0.3) is 0 Å². The van der Waals surface area contributed by atoms with Gasteiger partial charge in [-0.15, -0.1) is 0 Å². The third-order valence-electron chi connectivity index (χ3n) is 2.17. The molecule has 1 rings (SSSR count). The molecule has 16 heavy (non-hydrogen) atoms. The maximum atomic E-state index is 10.6. The normalized spacial score (nSPS) is 9.88. The summed E-state index contributed by atoms with van der Waals surface area (Å²) in [6, 6.07) is 3.28. The maximum Gasteiger partial charge on any atom is 0.354 e. The van der Waals surface area contributed by atoms with Gasteiger partial charge in [-0.25, -0.2) is 9.78 Å². The van der Waals surface area contributed by atoms with Crippen LogP contribution in [0.4, 0.5) is 5.69 Å². The molecule has 0 fully saturated rings. The second-order valence-electron chi connectivity index (χ2n) is 3.68. The van der Waals surface area contributed by atoms with Crippen molar-refractivity contribution >= 4 is 11.7 Å². The van der Waals surface area contributed by atoms with Gasteiger partial charge in [-0.1, -0.05) is 12.2 Å². The van der Waals surface area contributed by atoms with Gasteiger partial charge < -0.3 is 10.0 Å². The number of hydrogen-bond acceptors (Lipinski definition) is 3. The van der Waals surface area contributed by atoms with Crippen molar-refractivity contribution in [2.45, 2.75) is 13.8 Å². The van der Waals surface area contributed by atoms with Crippen LogP contribution in [0.1, 0.15) is 24.3 Å². The fourth-order valence-corrected chi connectivity index (χ4v) is 1.41. The number of carboxylic acid groups (broad SMARTS) is 1. The van der Waals surface area contributed by atoms with Gasteiger partial charge in [0.15, 0.2) is 0 Å². The Morgan fingerprint density at radius 3 is 2.62 bits per heavy atom. The standard InChI is InChI=1S/C12H16N2O2/c1-4-14(8-9(2)3)10-5-6-11(12(15)16)13-7-10/h5-7H,2,4,8H2,1,3H3,(H,15,16). The summed E-state index contributed by atoms with van der Waals surface area (Å²) in [6.07, 6.45) is 1.58. The van der Waals surface area contributed by atoms with Crippen molar-refractivity contribution < 1.29 is 9.90 Å². The molecule has 0 aliphatic rings. The Bertz CT molecular complexity index is 385. The zero-order valence-corrected chi connectivity index (χ0v) is 9.60. The van der Waals surface area contributed by atoms with Crippen LogP contribution in [0.3, 0.4) is 0 Å². The average molecular weight is 220 g/mol. The van der Waals surface area contributed by atoms with Crippen molar-refractivity contribution in [3.8, 4) is 0 Å². The Labute approximate surface area is 95.2 Å². The van der Waals surface area contributed by atoms with Crippen LogP contribution < -0.4 is 4.90 Å². The molecule has 0 saturated heterocycles. The van der Waals surface area contributed by atoms with Crippen LogP contribution in [-0.4, -0.2) is 29.1 Å². The summed E-state index contributed by atoms with van der Waals surface area (Å²) in [6.45, 7) is 9.44. The molecule has 0 spiro atoms. The smallest absolute Gasteiger partial charge is 0.354 e. The highest BCUT2D eigenvalue weighted by atomic mass is 16.4. The highest BCUT2D eigenvalue weighted by Crippen LogP contribution is 2.14. The van der Waals surface area contributed by atoms with Crippen LogP contribution >= 0.6 is 0 Å². The summed E-state index contributed by atoms with van der Waals surface area (Å²) in [5.74, 6) is -1.01. The number of likely N-dealkylation sites (N-methyl/N-ethyl adjacent to an activating group) is 1. The van der Waals surface area contributed by atoms with Gasteiger partial charge in [-0.05, 0) is 26.0 Å². The first-order valence-corrected chi connectivity index (χ1v) is 5.13. The van der Waals surface area contributed by atoms with Crippen molar-refractivity contribution in [3.63, 3.8) is 0 Å². The lowest BCUT2D eigenvalue weighted by Crippen LogP contribution is -2.24. The molecule has 1 heterocycles. The quantitative estimate of drug-likeness (QED) is 0.773. The first-order valence-electron chi connectivity index (χ1n) is 5.13. The van der Waals surface area contributed by atoms with E-state index in [9.17, 15) is 4.79 Å². The molecule has 0 atom stereocenters. The first kappa shape index (κ1) is 12.2. The van der Waals surface area contributed by atoms with Crippen LogP contribution in [0.25, 0.3) is 0 Å². The van der Waals surface area contributed by atoms with E-state index in [-0.39, 0.29) is 5.69 Å². The number of nitrogens with zero attached hydrogens (tertiary/aromatic N) is 2. The van der Waals surface area contributed by atoms with E-state index >= 15 is 0 Å². The van der Waals surface area contributed by atoms with Crippen molar-refractivity contribution in [2.75, 3.05) is 18.0 Å². The van der Waals surface area contributed by atoms with Crippen molar-refractivity contribution in [2.24, 2.45) is 0 Å². The summed E-state index contributed by atoms with van der Waals surface area (Å²) in [5, 5.41) is 8.73. The van der Waals surface area contributed by atoms with Crippen LogP contribution in [0.2, 0.25) is 0 Å². The van der Waals surface area contributed by atoms with Crippen molar-refractivity contribution in [1.29, 1.82) is 0 Å². The molecular weight excluding hydrogens is 204 g/mol. The van der Waals surface area contributed by atoms with Crippen LogP contribution in [-0.2, 0) is 0 Å². The molecular formula is C12H16N2O2. The number of aromatic nitrogens is 1. The molecule has 0 aliphatic carbocycles. The van der Waals surface area contributed by atoms with Crippen molar-refractivity contribution in [3.05, 3.63) is 36.2 Å². The zero-order valence-electron chi connectivity index (χ0n) is 9.60. The molecule has 4 nitrogen and oxygen atoms in total. The van der Waals surface area contributed by atoms with Gasteiger partial charge in [-0.2, -0.15) is 0 Å². The van der Waals surface area contributed by atoms with E-state index < -0.39 is 5.97 Å². The lowest BCUT2D eigenvalue weighted by atomic mass is 10.2. The third-order valence-corrected chi connectivity index (χ3v) is 2.17. The molecule has 0 bridgehead atoms. The SMILES string of the molecule is C=C(C)CN(CC)c1ccc(C(=O)O)nc1. The Balaban J connectivity index is 2.86. The van der Waals surface area contributed by atoms with Gasteiger partial charge in [0.2, 0.25) is 0 Å². The van der Waals surface area contributed by atoms with Gasteiger partial charge in [0.1, 0.15) is 5.69 Å². The Kier molecular flexibility index (Phi) is 4.05. The van der Waals surface area contributed by atoms with Gasteiger partial charge in [0.05, 0.1) is 11.9 Å². The van der Waals surface area contributed by atoms with E-state index in [1.165, 1.54) is 6.07 Å². The number of hydrogen-bond donors (Lipinski definition) is 1. The third kappa shape index (κ3) is 3.08. The van der Waals surface area contributed by atoms with E-state index in [4.69, 9.17) is 5.11 Å². The Morgan fingerprint density at radius 1 is 1.56 bits per heavy atom. The lowest BCUT2D eigenvalue weighted by molar-refractivity contribution is 0.0690. The minimum Gasteiger partial charge on any atom is -0.477 e. The number of carbonyl (C=O) groups is 1. The van der Waals surface area contributed by atoms with E-state index in [0.29, 0.717) is 0 Å². The fraction of sp³-hybridized carbons (Fsp3) is 0.333. The molecule has 0 saturated carbocycles. The van der Waals surface area contributed by atoms with E-state index in [0.717, 1.165) is 24.4 Å². The minimum absolute atomic E-state index is 0.0649. The minimum atomic E-state index is -1.01. The highest BCUT2D eigenvalue weighted by Gasteiger charge is 2.07. The number of rotatable bonds is 5. The van der Waals surface area contributed by atoms with E-state index in [2.05, 4.69) is 16.5 Å². The second kappa shape index (κ2) is 5.30. The summed E-state index contributed by atoms with van der Waals surface area (Å²) >= 11 is 0. The predicted octanol–water partition coefficient (Wildman–Crippen LogP) is 2.18. The fourth-order valence-electron chi connectivity index (χ4n) is 1.41. The highest BCUT2D eigenvalue weighted by molar-refractivity contribution is 5.85. The van der Waals surface area contributed by atoms with Gasteiger partial charge >= 0.3 is 5.97 Å². The number of carboxylic acids is 1. The first-order chi connectivity index (χ1) is 7.54. The molecule has 0 unspecified atom stereocenters. The van der Waals surface area contributed by atoms with Crippen LogP contribution in [0.15, 0.2) is 30.5 Å².